The first-order valence-electron chi connectivity index (χ1n) is 16.9. The Kier molecular flexibility index (Phi) is 6.50. The van der Waals surface area contributed by atoms with E-state index in [1.165, 1.54) is 4.70 Å². The number of benzene rings is 7. The summed E-state index contributed by atoms with van der Waals surface area (Å²) in [5.41, 5.74) is 7.03. The van der Waals surface area contributed by atoms with Gasteiger partial charge in [0, 0.05) is 47.3 Å². The van der Waals surface area contributed by atoms with E-state index >= 15 is 0 Å². The summed E-state index contributed by atoms with van der Waals surface area (Å²) >= 11 is 1.75. The highest BCUT2D eigenvalue weighted by molar-refractivity contribution is 7.26. The second-order valence-electron chi connectivity index (χ2n) is 12.8. The van der Waals surface area contributed by atoms with Crippen LogP contribution in [-0.2, 0) is 0 Å². The summed E-state index contributed by atoms with van der Waals surface area (Å²) in [6.45, 7) is 16.5. The van der Waals surface area contributed by atoms with Crippen molar-refractivity contribution in [3.05, 3.63) is 167 Å². The maximum atomic E-state index is 10.9. The van der Waals surface area contributed by atoms with Crippen LogP contribution in [0.4, 0.5) is 11.4 Å². The molecule has 0 bridgehead atoms. The number of hydrogen-bond acceptors (Lipinski definition) is 3. The van der Waals surface area contributed by atoms with Crippen molar-refractivity contribution < 1.29 is 0 Å². The number of nitriles is 2. The Bertz CT molecular complexity index is 3350. The molecule has 10 rings (SSSR count). The maximum absolute atomic E-state index is 10.9. The van der Waals surface area contributed by atoms with Crippen molar-refractivity contribution in [2.45, 2.75) is 0 Å². The molecule has 7 heteroatoms. The standard InChI is InChI=1S/C46H22N6S/c1-49-28-23-34(46(36(24-28)50-2)51-37-15-7-3-11-29(37)30-12-4-8-16-38(30)51)31-20-19-27(25-47)35(26-48)45(31)52-39-17-9-5-13-32(39)43-40(52)21-22-42-44(43)33-14-6-10-18-41(33)53-42/h3-24H. The molecule has 0 unspecified atom stereocenters. The predicted octanol–water partition coefficient (Wildman–Crippen LogP) is 12.8. The molecule has 0 saturated heterocycles. The Morgan fingerprint density at radius 2 is 1.13 bits per heavy atom. The van der Waals surface area contributed by atoms with Gasteiger partial charge in [-0.25, -0.2) is 9.69 Å². The van der Waals surface area contributed by atoms with Crippen molar-refractivity contribution in [3.8, 4) is 34.6 Å². The molecule has 0 atom stereocenters. The highest BCUT2D eigenvalue weighted by Gasteiger charge is 2.27. The number of nitrogens with zero attached hydrogens (tertiary/aromatic N) is 6. The van der Waals surface area contributed by atoms with E-state index in [9.17, 15) is 10.5 Å². The molecule has 0 aliphatic rings. The molecule has 53 heavy (non-hydrogen) atoms. The van der Waals surface area contributed by atoms with Crippen LogP contribution in [0.5, 0.6) is 0 Å². The summed E-state index contributed by atoms with van der Waals surface area (Å²) < 4.78 is 6.55. The fraction of sp³-hybridized carbons (Fsp3) is 0. The molecule has 0 amide bonds. The quantitative estimate of drug-likeness (QED) is 0.173. The zero-order valence-electron chi connectivity index (χ0n) is 27.8. The first-order valence-corrected chi connectivity index (χ1v) is 17.7. The van der Waals surface area contributed by atoms with Crippen molar-refractivity contribution in [1.82, 2.24) is 9.13 Å². The van der Waals surface area contributed by atoms with Gasteiger partial charge in [-0.15, -0.1) is 11.3 Å². The van der Waals surface area contributed by atoms with Gasteiger partial charge in [0.25, 0.3) is 0 Å². The lowest BCUT2D eigenvalue weighted by molar-refractivity contribution is 1.15. The van der Waals surface area contributed by atoms with Crippen LogP contribution in [0.2, 0.25) is 0 Å². The second kappa shape index (κ2) is 11.4. The summed E-state index contributed by atoms with van der Waals surface area (Å²) in [6, 6.07) is 48.7. The summed E-state index contributed by atoms with van der Waals surface area (Å²) in [7, 11) is 0. The molecular formula is C46H22N6S. The molecule has 0 aliphatic heterocycles. The largest absolute Gasteiger partial charge is 0.318 e. The summed E-state index contributed by atoms with van der Waals surface area (Å²) in [5.74, 6) is 0. The van der Waals surface area contributed by atoms with Crippen molar-refractivity contribution in [3.63, 3.8) is 0 Å². The van der Waals surface area contributed by atoms with Gasteiger partial charge in [0.05, 0.1) is 57.7 Å². The summed E-state index contributed by atoms with van der Waals surface area (Å²) in [4.78, 5) is 7.84. The number of fused-ring (bicyclic) bond motifs is 10. The number of para-hydroxylation sites is 3. The van der Waals surface area contributed by atoms with Gasteiger partial charge in [0.1, 0.15) is 12.1 Å². The molecule has 0 radical (unpaired) electrons. The average Bonchev–Trinajstić information content (AvgIpc) is 3.87. The number of thiophene rings is 1. The second-order valence-corrected chi connectivity index (χ2v) is 13.9. The molecule has 0 fully saturated rings. The van der Waals surface area contributed by atoms with Gasteiger partial charge in [-0.3, -0.25) is 0 Å². The molecule has 0 N–H and O–H groups in total. The molecule has 10 aromatic rings. The Balaban J connectivity index is 1.42. The Morgan fingerprint density at radius 1 is 0.509 bits per heavy atom. The van der Waals surface area contributed by atoms with Crippen LogP contribution in [0.15, 0.2) is 133 Å². The van der Waals surface area contributed by atoms with E-state index < -0.39 is 0 Å². The van der Waals surface area contributed by atoms with Gasteiger partial charge in [-0.05, 0) is 60.2 Å². The number of hydrogen-bond donors (Lipinski definition) is 0. The maximum Gasteiger partial charge on any atom is 0.201 e. The Hall–Kier alpha value is -7.68. The Morgan fingerprint density at radius 3 is 1.79 bits per heavy atom. The zero-order valence-corrected chi connectivity index (χ0v) is 28.6. The topological polar surface area (TPSA) is 66.2 Å². The van der Waals surface area contributed by atoms with E-state index in [2.05, 4.69) is 85.6 Å². The Labute approximate surface area is 307 Å². The SMILES string of the molecule is [C-]#[N+]c1cc([N+]#[C-])c(-n2c3ccccc3c3ccccc32)c(-c2ccc(C#N)c(C#N)c2-n2c3ccccc3c3c4c(ccc32)sc2ccccc24)c1. The highest BCUT2D eigenvalue weighted by Crippen LogP contribution is 2.48. The lowest BCUT2D eigenvalue weighted by atomic mass is 9.94. The lowest BCUT2D eigenvalue weighted by Crippen LogP contribution is -2.05. The van der Waals surface area contributed by atoms with E-state index in [1.54, 1.807) is 23.5 Å². The third-order valence-electron chi connectivity index (χ3n) is 10.2. The van der Waals surface area contributed by atoms with Crippen molar-refractivity contribution >= 4 is 86.5 Å². The fourth-order valence-electron chi connectivity index (χ4n) is 8.12. The normalized spacial score (nSPS) is 11.3. The fourth-order valence-corrected chi connectivity index (χ4v) is 9.23. The molecule has 6 nitrogen and oxygen atoms in total. The third-order valence-corrected chi connectivity index (χ3v) is 11.4. The third kappa shape index (κ3) is 4.15. The van der Waals surface area contributed by atoms with Crippen molar-refractivity contribution in [1.29, 1.82) is 10.5 Å². The number of rotatable bonds is 3. The first-order chi connectivity index (χ1) is 26.1. The molecule has 3 heterocycles. The van der Waals surface area contributed by atoms with Crippen LogP contribution in [0.25, 0.3) is 96.0 Å². The van der Waals surface area contributed by atoms with Crippen LogP contribution in [-0.4, -0.2) is 9.13 Å². The molecule has 0 aliphatic carbocycles. The van der Waals surface area contributed by atoms with Gasteiger partial charge in [-0.1, -0.05) is 78.9 Å². The monoisotopic (exact) mass is 690 g/mol. The van der Waals surface area contributed by atoms with Crippen LogP contribution >= 0.6 is 11.3 Å². The van der Waals surface area contributed by atoms with Crippen LogP contribution in [0.3, 0.4) is 0 Å². The predicted molar refractivity (Wildman–Crippen MR) is 215 cm³/mol. The minimum atomic E-state index is 0.216. The van der Waals surface area contributed by atoms with Gasteiger partial charge in [-0.2, -0.15) is 10.5 Å². The molecule has 3 aromatic heterocycles. The highest BCUT2D eigenvalue weighted by atomic mass is 32.1. The van der Waals surface area contributed by atoms with E-state index in [0.717, 1.165) is 59.1 Å². The first kappa shape index (κ1) is 30.2. The van der Waals surface area contributed by atoms with Gasteiger partial charge in [0.2, 0.25) is 5.69 Å². The van der Waals surface area contributed by atoms with Crippen LogP contribution < -0.4 is 0 Å². The number of aromatic nitrogens is 2. The van der Waals surface area contributed by atoms with Gasteiger partial charge in [0.15, 0.2) is 5.69 Å². The molecular weight excluding hydrogens is 669 g/mol. The lowest BCUT2D eigenvalue weighted by Gasteiger charge is -2.21. The van der Waals surface area contributed by atoms with E-state index in [0.29, 0.717) is 33.9 Å². The van der Waals surface area contributed by atoms with E-state index in [-0.39, 0.29) is 11.1 Å². The molecule has 7 aromatic carbocycles. The van der Waals surface area contributed by atoms with Crippen molar-refractivity contribution in [2.24, 2.45) is 0 Å². The summed E-state index contributed by atoms with van der Waals surface area (Å²) in [5, 5.41) is 27.8. The van der Waals surface area contributed by atoms with Gasteiger partial charge < -0.3 is 9.13 Å². The van der Waals surface area contributed by atoms with Crippen molar-refractivity contribution in [2.75, 3.05) is 0 Å². The smallest absolute Gasteiger partial charge is 0.201 e. The minimum Gasteiger partial charge on any atom is -0.318 e. The molecule has 0 spiro atoms. The van der Waals surface area contributed by atoms with Gasteiger partial charge >= 0.3 is 0 Å². The van der Waals surface area contributed by atoms with E-state index in [1.807, 2.05) is 66.7 Å². The average molecular weight is 691 g/mol. The van der Waals surface area contributed by atoms with E-state index in [4.69, 9.17) is 13.1 Å². The molecule has 0 saturated carbocycles. The minimum absolute atomic E-state index is 0.216. The molecule has 242 valence electrons. The zero-order chi connectivity index (χ0) is 35.8. The van der Waals surface area contributed by atoms with Crippen LogP contribution in [0, 0.1) is 35.8 Å². The van der Waals surface area contributed by atoms with Crippen LogP contribution in [0.1, 0.15) is 11.1 Å². The summed E-state index contributed by atoms with van der Waals surface area (Å²) in [6.07, 6.45) is 0.